The van der Waals surface area contributed by atoms with Crippen molar-refractivity contribution in [1.29, 1.82) is 0 Å². The Labute approximate surface area is 150 Å². The van der Waals surface area contributed by atoms with Crippen LogP contribution in [-0.2, 0) is 0 Å². The van der Waals surface area contributed by atoms with Crippen molar-refractivity contribution in [3.05, 3.63) is 83.5 Å². The van der Waals surface area contributed by atoms with Crippen molar-refractivity contribution in [2.75, 3.05) is 5.73 Å². The van der Waals surface area contributed by atoms with Crippen molar-refractivity contribution in [3.8, 4) is 11.3 Å². The molecule has 0 atom stereocenters. The molecule has 0 bridgehead atoms. The Morgan fingerprint density at radius 3 is 2.52 bits per heavy atom. The van der Waals surface area contributed by atoms with E-state index < -0.39 is 0 Å². The van der Waals surface area contributed by atoms with Crippen LogP contribution in [0.4, 0.5) is 5.95 Å². The Morgan fingerprint density at radius 2 is 1.72 bits per heavy atom. The zero-order valence-corrected chi connectivity index (χ0v) is 14.1. The number of halogens is 1. The molecule has 1 heterocycles. The van der Waals surface area contributed by atoms with Gasteiger partial charge in [-0.15, -0.1) is 0 Å². The van der Waals surface area contributed by atoms with Gasteiger partial charge < -0.3 is 5.73 Å². The van der Waals surface area contributed by atoms with Gasteiger partial charge in [0.05, 0.1) is 18.1 Å². The van der Waals surface area contributed by atoms with E-state index in [-0.39, 0.29) is 0 Å². The van der Waals surface area contributed by atoms with Gasteiger partial charge in [-0.3, -0.25) is 0 Å². The van der Waals surface area contributed by atoms with Gasteiger partial charge in [0, 0.05) is 10.6 Å². The summed E-state index contributed by atoms with van der Waals surface area (Å²) in [4.78, 5) is 4.42. The lowest BCUT2D eigenvalue weighted by molar-refractivity contribution is 0.898. The molecule has 0 unspecified atom stereocenters. The third kappa shape index (κ3) is 3.25. The van der Waals surface area contributed by atoms with Crippen LogP contribution >= 0.6 is 11.6 Å². The second-order valence-corrected chi connectivity index (χ2v) is 6.12. The van der Waals surface area contributed by atoms with Gasteiger partial charge in [-0.1, -0.05) is 60.1 Å². The first-order valence-electron chi connectivity index (χ1n) is 7.83. The molecule has 4 aromatic rings. The van der Waals surface area contributed by atoms with Crippen LogP contribution in [0.5, 0.6) is 0 Å². The summed E-state index contributed by atoms with van der Waals surface area (Å²) in [7, 11) is 0. The molecule has 3 aromatic carbocycles. The molecule has 25 heavy (non-hydrogen) atoms. The normalized spacial score (nSPS) is 11.4. The highest BCUT2D eigenvalue weighted by atomic mass is 35.5. The third-order valence-electron chi connectivity index (χ3n) is 3.96. The van der Waals surface area contributed by atoms with E-state index in [0.29, 0.717) is 11.0 Å². The van der Waals surface area contributed by atoms with Crippen LogP contribution in [0.2, 0.25) is 5.02 Å². The summed E-state index contributed by atoms with van der Waals surface area (Å²) in [6.45, 7) is 0. The Balaban J connectivity index is 1.65. The van der Waals surface area contributed by atoms with Crippen LogP contribution < -0.4 is 5.73 Å². The third-order valence-corrected chi connectivity index (χ3v) is 4.21. The molecule has 0 amide bonds. The fourth-order valence-electron chi connectivity index (χ4n) is 2.64. The van der Waals surface area contributed by atoms with Crippen LogP contribution in [0, 0.1) is 0 Å². The van der Waals surface area contributed by atoms with E-state index in [4.69, 9.17) is 17.3 Å². The second-order valence-electron chi connectivity index (χ2n) is 5.69. The quantitative estimate of drug-likeness (QED) is 0.540. The maximum atomic E-state index is 6.00. The summed E-state index contributed by atoms with van der Waals surface area (Å²) in [6, 6.07) is 21.9. The highest BCUT2D eigenvalue weighted by Crippen LogP contribution is 2.24. The Bertz CT molecular complexity index is 1060. The number of benzene rings is 3. The molecule has 0 aliphatic heterocycles. The lowest BCUT2D eigenvalue weighted by Gasteiger charge is -2.00. The lowest BCUT2D eigenvalue weighted by Crippen LogP contribution is -1.96. The average Bonchev–Trinajstić information content (AvgIpc) is 3.02. The molecule has 0 aliphatic rings. The first-order valence-corrected chi connectivity index (χ1v) is 8.21. The summed E-state index contributed by atoms with van der Waals surface area (Å²) in [5.74, 6) is 0.341. The minimum absolute atomic E-state index is 0.341. The molecule has 0 radical (unpaired) electrons. The van der Waals surface area contributed by atoms with Crippen molar-refractivity contribution in [1.82, 2.24) is 9.66 Å². The molecule has 4 nitrogen and oxygen atoms in total. The molecule has 0 saturated heterocycles. The van der Waals surface area contributed by atoms with Crippen LogP contribution in [0.25, 0.3) is 22.0 Å². The number of nitrogen functional groups attached to an aromatic ring is 1. The molecule has 122 valence electrons. The minimum Gasteiger partial charge on any atom is -0.368 e. The van der Waals surface area contributed by atoms with Crippen LogP contribution in [-0.4, -0.2) is 15.9 Å². The molecule has 1 aromatic heterocycles. The van der Waals surface area contributed by atoms with E-state index in [2.05, 4.69) is 34.4 Å². The molecular formula is C20H15ClN4. The van der Waals surface area contributed by atoms with Gasteiger partial charge in [0.25, 0.3) is 0 Å². The van der Waals surface area contributed by atoms with Crippen LogP contribution in [0.3, 0.4) is 0 Å². The average molecular weight is 347 g/mol. The number of hydrogen-bond acceptors (Lipinski definition) is 3. The van der Waals surface area contributed by atoms with E-state index >= 15 is 0 Å². The van der Waals surface area contributed by atoms with E-state index in [1.54, 1.807) is 10.9 Å². The van der Waals surface area contributed by atoms with Gasteiger partial charge in [0.1, 0.15) is 0 Å². The Kier molecular flexibility index (Phi) is 3.96. The number of rotatable bonds is 3. The number of anilines is 1. The smallest absolute Gasteiger partial charge is 0.221 e. The number of fused-ring (bicyclic) bond motifs is 1. The van der Waals surface area contributed by atoms with Crippen LogP contribution in [0.1, 0.15) is 5.56 Å². The first-order chi connectivity index (χ1) is 12.2. The van der Waals surface area contributed by atoms with Gasteiger partial charge in [-0.25, -0.2) is 9.66 Å². The molecule has 5 heteroatoms. The number of nitrogens with zero attached hydrogens (tertiary/aromatic N) is 3. The Morgan fingerprint density at radius 1 is 0.960 bits per heavy atom. The SMILES string of the molecule is Nc1nc(-c2ccc3ccccc3c2)cn1/N=C/c1ccc(Cl)cc1. The fourth-order valence-corrected chi connectivity index (χ4v) is 2.77. The number of imidazole rings is 1. The Hall–Kier alpha value is -3.11. The zero-order valence-electron chi connectivity index (χ0n) is 13.3. The van der Waals surface area contributed by atoms with Crippen molar-refractivity contribution in [3.63, 3.8) is 0 Å². The van der Waals surface area contributed by atoms with Gasteiger partial charge in [0.15, 0.2) is 0 Å². The van der Waals surface area contributed by atoms with Gasteiger partial charge in [-0.2, -0.15) is 5.10 Å². The molecule has 4 rings (SSSR count). The summed E-state index contributed by atoms with van der Waals surface area (Å²) >= 11 is 5.89. The summed E-state index contributed by atoms with van der Waals surface area (Å²) in [6.07, 6.45) is 3.55. The van der Waals surface area contributed by atoms with E-state index in [1.165, 1.54) is 5.39 Å². The van der Waals surface area contributed by atoms with Gasteiger partial charge in [0.2, 0.25) is 5.95 Å². The summed E-state index contributed by atoms with van der Waals surface area (Å²) in [5, 5.41) is 7.43. The molecule has 0 aliphatic carbocycles. The standard InChI is InChI=1S/C20H15ClN4/c21-18-9-5-14(6-10-18)12-23-25-13-19(24-20(25)22)17-8-7-15-3-1-2-4-16(15)11-17/h1-13H,(H2,22,24)/b23-12+. The summed E-state index contributed by atoms with van der Waals surface area (Å²) < 4.78 is 1.57. The molecule has 0 spiro atoms. The van der Waals surface area contributed by atoms with Gasteiger partial charge in [-0.05, 0) is 34.5 Å². The summed E-state index contributed by atoms with van der Waals surface area (Å²) in [5.41, 5.74) is 8.73. The fraction of sp³-hybridized carbons (Fsp3) is 0. The predicted molar refractivity (Wildman–Crippen MR) is 104 cm³/mol. The van der Waals surface area contributed by atoms with E-state index in [9.17, 15) is 0 Å². The number of nitrogens with two attached hydrogens (primary N) is 1. The van der Waals surface area contributed by atoms with Crippen molar-refractivity contribution >= 4 is 34.5 Å². The molecular weight excluding hydrogens is 332 g/mol. The minimum atomic E-state index is 0.341. The number of aromatic nitrogens is 2. The largest absolute Gasteiger partial charge is 0.368 e. The molecule has 0 fully saturated rings. The predicted octanol–water partition coefficient (Wildman–Crippen LogP) is 4.82. The maximum Gasteiger partial charge on any atom is 0.221 e. The lowest BCUT2D eigenvalue weighted by atomic mass is 10.1. The zero-order chi connectivity index (χ0) is 17.2. The monoisotopic (exact) mass is 346 g/mol. The van der Waals surface area contributed by atoms with E-state index in [0.717, 1.165) is 22.2 Å². The topological polar surface area (TPSA) is 56.2 Å². The van der Waals surface area contributed by atoms with Crippen molar-refractivity contribution in [2.45, 2.75) is 0 Å². The van der Waals surface area contributed by atoms with Gasteiger partial charge >= 0.3 is 0 Å². The second kappa shape index (κ2) is 6.42. The van der Waals surface area contributed by atoms with Crippen LogP contribution in [0.15, 0.2) is 78.0 Å². The first kappa shape index (κ1) is 15.4. The molecule has 0 saturated carbocycles. The molecule has 2 N–H and O–H groups in total. The van der Waals surface area contributed by atoms with Crippen molar-refractivity contribution < 1.29 is 0 Å². The van der Waals surface area contributed by atoms with E-state index in [1.807, 2.05) is 48.7 Å². The highest BCUT2D eigenvalue weighted by molar-refractivity contribution is 6.30. The number of hydrogen-bond donors (Lipinski definition) is 1. The highest BCUT2D eigenvalue weighted by Gasteiger charge is 2.07. The van der Waals surface area contributed by atoms with Crippen molar-refractivity contribution in [2.24, 2.45) is 5.10 Å². The maximum absolute atomic E-state index is 6.00.